The fourth-order valence-corrected chi connectivity index (χ4v) is 4.45. The molecule has 2 aromatic carbocycles. The van der Waals surface area contributed by atoms with E-state index in [2.05, 4.69) is 38.1 Å². The Labute approximate surface area is 182 Å². The molecule has 0 radical (unpaired) electrons. The van der Waals surface area contributed by atoms with Gasteiger partial charge in [-0.3, -0.25) is 14.3 Å². The van der Waals surface area contributed by atoms with Gasteiger partial charge >= 0.3 is 0 Å². The van der Waals surface area contributed by atoms with Gasteiger partial charge in [0.1, 0.15) is 15.9 Å². The number of hydrogen-bond donors (Lipinski definition) is 1. The molecule has 0 saturated heterocycles. The van der Waals surface area contributed by atoms with Gasteiger partial charge in [0.25, 0.3) is 5.56 Å². The van der Waals surface area contributed by atoms with Gasteiger partial charge in [-0.25, -0.2) is 4.98 Å². The molecule has 4 aromatic rings. The average Bonchev–Trinajstić information content (AvgIpc) is 2.74. The van der Waals surface area contributed by atoms with Crippen molar-refractivity contribution in [1.29, 1.82) is 0 Å². The van der Waals surface area contributed by atoms with Gasteiger partial charge in [0.15, 0.2) is 5.65 Å². The van der Waals surface area contributed by atoms with Crippen LogP contribution >= 0.6 is 23.8 Å². The van der Waals surface area contributed by atoms with E-state index in [0.29, 0.717) is 39.0 Å². The summed E-state index contributed by atoms with van der Waals surface area (Å²) in [7, 11) is 0. The molecule has 1 N–H and O–H groups in total. The number of aromatic nitrogens is 4. The van der Waals surface area contributed by atoms with Crippen LogP contribution in [0.5, 0.6) is 0 Å². The molecule has 8 heteroatoms. The zero-order valence-corrected chi connectivity index (χ0v) is 17.8. The molecule has 1 aliphatic heterocycles. The van der Waals surface area contributed by atoms with Gasteiger partial charge in [0, 0.05) is 23.8 Å². The lowest BCUT2D eigenvalue weighted by Crippen LogP contribution is -2.33. The minimum Gasteiger partial charge on any atom is -0.338 e. The van der Waals surface area contributed by atoms with Crippen LogP contribution in [0.4, 0.5) is 5.95 Å². The lowest BCUT2D eigenvalue weighted by atomic mass is 10.0. The summed E-state index contributed by atoms with van der Waals surface area (Å²) in [5, 5.41) is 0.940. The van der Waals surface area contributed by atoms with E-state index in [1.54, 1.807) is 16.7 Å². The van der Waals surface area contributed by atoms with Crippen LogP contribution in [-0.4, -0.2) is 26.1 Å². The number of aryl methyl sites for hydroxylation is 1. The number of nitrogens with zero attached hydrogens (tertiary/aromatic N) is 4. The molecule has 0 unspecified atom stereocenters. The second kappa shape index (κ2) is 7.34. The summed E-state index contributed by atoms with van der Waals surface area (Å²) < 4.78 is 2.14. The van der Waals surface area contributed by atoms with Crippen molar-refractivity contribution in [3.8, 4) is 5.69 Å². The smallest absolute Gasteiger partial charge is 0.264 e. The quantitative estimate of drug-likeness (QED) is 0.474. The molecule has 5 rings (SSSR count). The first kappa shape index (κ1) is 19.0. The maximum absolute atomic E-state index is 13.0. The normalized spacial score (nSPS) is 13.5. The van der Waals surface area contributed by atoms with Crippen molar-refractivity contribution in [2.45, 2.75) is 19.9 Å². The number of nitrogens with one attached hydrogen (secondary N) is 1. The highest BCUT2D eigenvalue weighted by atomic mass is 35.5. The molecule has 0 bridgehead atoms. The van der Waals surface area contributed by atoms with E-state index in [4.69, 9.17) is 23.8 Å². The number of aromatic amines is 1. The van der Waals surface area contributed by atoms with E-state index >= 15 is 0 Å². The molecule has 6 nitrogen and oxygen atoms in total. The number of anilines is 1. The molecule has 30 heavy (non-hydrogen) atoms. The van der Waals surface area contributed by atoms with Crippen LogP contribution in [0.25, 0.3) is 16.7 Å². The van der Waals surface area contributed by atoms with Crippen LogP contribution < -0.4 is 10.5 Å². The standard InChI is InChI=1S/C22H18ClN5OS/c1-13-24-19-18(21(30)28(13)17-8-6-16(23)7-9-17)20(29)26-22(25-19)27-11-10-14-4-2-3-5-15(14)12-27/h2-9H,10-12H2,1H3,(H,25,26,29). The fourth-order valence-electron chi connectivity index (χ4n) is 3.91. The van der Waals surface area contributed by atoms with Crippen molar-refractivity contribution < 1.29 is 0 Å². The third kappa shape index (κ3) is 3.20. The fraction of sp³-hybridized carbons (Fsp3) is 0.182. The number of fused-ring (bicyclic) bond motifs is 2. The maximum Gasteiger partial charge on any atom is 0.264 e. The van der Waals surface area contributed by atoms with Gasteiger partial charge in [-0.05, 0) is 48.7 Å². The Bertz CT molecular complexity index is 1390. The van der Waals surface area contributed by atoms with Crippen LogP contribution in [-0.2, 0) is 13.0 Å². The molecule has 1 aliphatic rings. The van der Waals surface area contributed by atoms with Crippen molar-refractivity contribution in [2.75, 3.05) is 11.4 Å². The first-order chi connectivity index (χ1) is 14.5. The highest BCUT2D eigenvalue weighted by Crippen LogP contribution is 2.23. The van der Waals surface area contributed by atoms with E-state index in [1.165, 1.54) is 11.1 Å². The SMILES string of the molecule is Cc1nc2nc(N3CCc4ccccc4C3)[nH]c(=O)c2c(=S)n1-c1ccc(Cl)cc1. The molecule has 0 aliphatic carbocycles. The van der Waals surface area contributed by atoms with Gasteiger partial charge in [-0.15, -0.1) is 0 Å². The van der Waals surface area contributed by atoms with Crippen molar-refractivity contribution >= 4 is 40.8 Å². The molecule has 0 saturated carbocycles. The van der Waals surface area contributed by atoms with Crippen LogP contribution in [0.3, 0.4) is 0 Å². The number of benzene rings is 2. The number of hydrogen-bond acceptors (Lipinski definition) is 5. The predicted molar refractivity (Wildman–Crippen MR) is 121 cm³/mol. The van der Waals surface area contributed by atoms with Gasteiger partial charge in [-0.1, -0.05) is 48.1 Å². The molecular formula is C22H18ClN5OS. The second-order valence-corrected chi connectivity index (χ2v) is 8.13. The van der Waals surface area contributed by atoms with E-state index < -0.39 is 0 Å². The Morgan fingerprint density at radius 3 is 2.57 bits per heavy atom. The average molecular weight is 436 g/mol. The van der Waals surface area contributed by atoms with Crippen molar-refractivity contribution in [3.05, 3.63) is 85.5 Å². The summed E-state index contributed by atoms with van der Waals surface area (Å²) in [6, 6.07) is 15.6. The molecule has 0 fully saturated rings. The van der Waals surface area contributed by atoms with E-state index in [1.807, 2.05) is 25.1 Å². The summed E-state index contributed by atoms with van der Waals surface area (Å²) in [5.74, 6) is 1.18. The number of rotatable bonds is 2. The summed E-state index contributed by atoms with van der Waals surface area (Å²) in [6.07, 6.45) is 0.905. The van der Waals surface area contributed by atoms with E-state index in [9.17, 15) is 4.79 Å². The minimum absolute atomic E-state index is 0.283. The molecule has 0 spiro atoms. The topological polar surface area (TPSA) is 66.8 Å². The highest BCUT2D eigenvalue weighted by Gasteiger charge is 2.20. The zero-order valence-electron chi connectivity index (χ0n) is 16.2. The van der Waals surface area contributed by atoms with Gasteiger partial charge in [0.2, 0.25) is 5.95 Å². The second-order valence-electron chi connectivity index (χ2n) is 7.30. The Morgan fingerprint density at radius 1 is 1.07 bits per heavy atom. The first-order valence-electron chi connectivity index (χ1n) is 9.62. The monoisotopic (exact) mass is 435 g/mol. The van der Waals surface area contributed by atoms with Crippen molar-refractivity contribution in [3.63, 3.8) is 0 Å². The lowest BCUT2D eigenvalue weighted by molar-refractivity contribution is 0.707. The summed E-state index contributed by atoms with van der Waals surface area (Å²) in [4.78, 5) is 27.2. The van der Waals surface area contributed by atoms with Gasteiger partial charge in [0.05, 0.1) is 0 Å². The Balaban J connectivity index is 1.62. The van der Waals surface area contributed by atoms with Gasteiger partial charge in [-0.2, -0.15) is 4.98 Å². The molecule has 3 heterocycles. The largest absolute Gasteiger partial charge is 0.338 e. The Kier molecular flexibility index (Phi) is 4.64. The summed E-state index contributed by atoms with van der Waals surface area (Å²) >= 11 is 11.7. The van der Waals surface area contributed by atoms with Crippen LogP contribution in [0.1, 0.15) is 17.0 Å². The molecule has 150 valence electrons. The predicted octanol–water partition coefficient (Wildman–Crippen LogP) is 4.36. The van der Waals surface area contributed by atoms with Crippen LogP contribution in [0.15, 0.2) is 53.3 Å². The summed E-state index contributed by atoms with van der Waals surface area (Å²) in [6.45, 7) is 3.33. The van der Waals surface area contributed by atoms with Crippen LogP contribution in [0, 0.1) is 11.6 Å². The molecule has 0 amide bonds. The zero-order chi connectivity index (χ0) is 20.8. The first-order valence-corrected chi connectivity index (χ1v) is 10.4. The summed E-state index contributed by atoms with van der Waals surface area (Å²) in [5.41, 5.74) is 3.46. The lowest BCUT2D eigenvalue weighted by Gasteiger charge is -2.29. The Morgan fingerprint density at radius 2 is 1.80 bits per heavy atom. The third-order valence-corrected chi connectivity index (χ3v) is 6.05. The minimum atomic E-state index is -0.283. The third-order valence-electron chi connectivity index (χ3n) is 5.41. The van der Waals surface area contributed by atoms with Crippen molar-refractivity contribution in [1.82, 2.24) is 19.5 Å². The van der Waals surface area contributed by atoms with E-state index in [-0.39, 0.29) is 5.56 Å². The van der Waals surface area contributed by atoms with Gasteiger partial charge < -0.3 is 4.90 Å². The Hall–Kier alpha value is -3.03. The van der Waals surface area contributed by atoms with Crippen molar-refractivity contribution in [2.24, 2.45) is 0 Å². The number of H-pyrrole nitrogens is 1. The van der Waals surface area contributed by atoms with Crippen LogP contribution in [0.2, 0.25) is 5.02 Å². The van der Waals surface area contributed by atoms with E-state index in [0.717, 1.165) is 18.7 Å². The molecule has 2 aromatic heterocycles. The highest BCUT2D eigenvalue weighted by molar-refractivity contribution is 7.71. The molecule has 0 atom stereocenters. The molecular weight excluding hydrogens is 418 g/mol. The maximum atomic E-state index is 13.0. The number of halogens is 1.